The highest BCUT2D eigenvalue weighted by atomic mass is 35.5. The van der Waals surface area contributed by atoms with Crippen molar-refractivity contribution in [2.75, 3.05) is 6.54 Å². The number of pyridine rings is 1. The third kappa shape index (κ3) is 3.28. The number of carboxylic acids is 1. The van der Waals surface area contributed by atoms with Crippen molar-refractivity contribution in [3.05, 3.63) is 23.5 Å². The van der Waals surface area contributed by atoms with E-state index in [1.807, 2.05) is 0 Å². The van der Waals surface area contributed by atoms with Gasteiger partial charge in [0.25, 0.3) is 0 Å². The van der Waals surface area contributed by atoms with Crippen LogP contribution in [0.15, 0.2) is 23.2 Å². The van der Waals surface area contributed by atoms with Crippen molar-refractivity contribution in [1.29, 1.82) is 0 Å². The van der Waals surface area contributed by atoms with Crippen LogP contribution in [0.4, 0.5) is 0 Å². The molecule has 1 fully saturated rings. The van der Waals surface area contributed by atoms with Crippen LogP contribution in [-0.4, -0.2) is 31.0 Å². The average Bonchev–Trinajstić information content (AvgIpc) is 2.85. The number of nitrogens with zero attached hydrogens (tertiary/aromatic N) is 1. The molecule has 0 bridgehead atoms. The second-order valence-corrected chi connectivity index (χ2v) is 6.87. The Morgan fingerprint density at radius 2 is 2.25 bits per heavy atom. The lowest BCUT2D eigenvalue weighted by molar-refractivity contribution is -0.142. The van der Waals surface area contributed by atoms with E-state index in [2.05, 4.69) is 9.71 Å². The predicted molar refractivity (Wildman–Crippen MR) is 72.9 cm³/mol. The number of halogens is 1. The normalized spacial score (nSPS) is 22.9. The van der Waals surface area contributed by atoms with Crippen molar-refractivity contribution < 1.29 is 18.3 Å². The van der Waals surface area contributed by atoms with Crippen molar-refractivity contribution in [2.45, 2.75) is 24.2 Å². The summed E-state index contributed by atoms with van der Waals surface area (Å²) < 4.78 is 26.6. The van der Waals surface area contributed by atoms with Gasteiger partial charge < -0.3 is 5.11 Å². The smallest absolute Gasteiger partial charge is 0.306 e. The molecule has 1 saturated carbocycles. The molecule has 1 aliphatic rings. The first-order valence-corrected chi connectivity index (χ1v) is 8.11. The van der Waals surface area contributed by atoms with Crippen LogP contribution in [0, 0.1) is 11.8 Å². The zero-order valence-electron chi connectivity index (χ0n) is 10.6. The van der Waals surface area contributed by atoms with Crippen LogP contribution < -0.4 is 4.72 Å². The zero-order valence-corrected chi connectivity index (χ0v) is 12.2. The Labute approximate surface area is 122 Å². The molecule has 1 aromatic heterocycles. The molecule has 2 atom stereocenters. The summed E-state index contributed by atoms with van der Waals surface area (Å²) in [6.07, 6.45) is 3.51. The van der Waals surface area contributed by atoms with Crippen LogP contribution in [-0.2, 0) is 14.8 Å². The topological polar surface area (TPSA) is 96.4 Å². The van der Waals surface area contributed by atoms with E-state index in [-0.39, 0.29) is 22.5 Å². The molecule has 0 amide bonds. The quantitative estimate of drug-likeness (QED) is 0.802. The minimum Gasteiger partial charge on any atom is -0.481 e. The minimum absolute atomic E-state index is 0.0912. The molecule has 2 unspecified atom stereocenters. The molecule has 1 heterocycles. The Kier molecular flexibility index (Phi) is 4.62. The minimum atomic E-state index is -3.76. The molecular weight excluding hydrogens is 304 g/mol. The van der Waals surface area contributed by atoms with Gasteiger partial charge in [0.1, 0.15) is 10.0 Å². The van der Waals surface area contributed by atoms with Crippen LogP contribution in [0.1, 0.15) is 19.3 Å². The highest BCUT2D eigenvalue weighted by Crippen LogP contribution is 2.31. The molecule has 0 saturated heterocycles. The van der Waals surface area contributed by atoms with Crippen LogP contribution in [0.2, 0.25) is 5.15 Å². The number of rotatable bonds is 5. The maximum atomic E-state index is 12.1. The van der Waals surface area contributed by atoms with Gasteiger partial charge in [-0.05, 0) is 30.9 Å². The summed E-state index contributed by atoms with van der Waals surface area (Å²) in [7, 11) is -3.76. The molecule has 2 N–H and O–H groups in total. The van der Waals surface area contributed by atoms with Crippen LogP contribution in [0.25, 0.3) is 0 Å². The number of sulfonamides is 1. The van der Waals surface area contributed by atoms with E-state index in [0.717, 1.165) is 6.42 Å². The maximum Gasteiger partial charge on any atom is 0.306 e. The summed E-state index contributed by atoms with van der Waals surface area (Å²) in [5.41, 5.74) is 0. The van der Waals surface area contributed by atoms with Crippen molar-refractivity contribution in [3.8, 4) is 0 Å². The highest BCUT2D eigenvalue weighted by molar-refractivity contribution is 7.89. The Hall–Kier alpha value is -1.18. The first kappa shape index (κ1) is 15.2. The van der Waals surface area contributed by atoms with Crippen LogP contribution >= 0.6 is 11.6 Å². The molecule has 0 spiro atoms. The van der Waals surface area contributed by atoms with Gasteiger partial charge in [-0.1, -0.05) is 18.0 Å². The monoisotopic (exact) mass is 318 g/mol. The van der Waals surface area contributed by atoms with E-state index >= 15 is 0 Å². The van der Waals surface area contributed by atoms with Gasteiger partial charge in [0.15, 0.2) is 0 Å². The molecule has 0 radical (unpaired) electrons. The highest BCUT2D eigenvalue weighted by Gasteiger charge is 2.33. The lowest BCUT2D eigenvalue weighted by Crippen LogP contribution is -2.33. The molecule has 2 rings (SSSR count). The fourth-order valence-corrected chi connectivity index (χ4v) is 4.02. The Balaban J connectivity index is 2.07. The fourth-order valence-electron chi connectivity index (χ4n) is 2.47. The summed E-state index contributed by atoms with van der Waals surface area (Å²) in [6.45, 7) is 0.102. The third-order valence-electron chi connectivity index (χ3n) is 3.53. The van der Waals surface area contributed by atoms with Gasteiger partial charge in [-0.25, -0.2) is 18.1 Å². The second kappa shape index (κ2) is 6.07. The van der Waals surface area contributed by atoms with Crippen LogP contribution in [0.3, 0.4) is 0 Å². The van der Waals surface area contributed by atoms with Crippen LogP contribution in [0.5, 0.6) is 0 Å². The average molecular weight is 319 g/mol. The van der Waals surface area contributed by atoms with E-state index in [9.17, 15) is 13.2 Å². The van der Waals surface area contributed by atoms with E-state index in [0.29, 0.717) is 12.8 Å². The second-order valence-electron chi connectivity index (χ2n) is 4.78. The number of nitrogens with one attached hydrogen (secondary N) is 1. The summed E-state index contributed by atoms with van der Waals surface area (Å²) in [4.78, 5) is 14.7. The van der Waals surface area contributed by atoms with Gasteiger partial charge in [-0.3, -0.25) is 4.79 Å². The summed E-state index contributed by atoms with van der Waals surface area (Å²) in [6, 6.07) is 2.84. The lowest BCUT2D eigenvalue weighted by Gasteiger charge is -2.16. The number of carboxylic acid groups (broad SMARTS) is 1. The zero-order chi connectivity index (χ0) is 14.8. The van der Waals surface area contributed by atoms with Gasteiger partial charge in [0.2, 0.25) is 10.0 Å². The largest absolute Gasteiger partial charge is 0.481 e. The molecule has 6 nitrogen and oxygen atoms in total. The number of hydrogen-bond acceptors (Lipinski definition) is 4. The van der Waals surface area contributed by atoms with Gasteiger partial charge in [0, 0.05) is 12.7 Å². The molecule has 1 aliphatic carbocycles. The fraction of sp³-hybridized carbons (Fsp3) is 0.500. The summed E-state index contributed by atoms with van der Waals surface area (Å²) in [5.74, 6) is -1.54. The van der Waals surface area contributed by atoms with Crippen molar-refractivity contribution in [3.63, 3.8) is 0 Å². The predicted octanol–water partition coefficient (Wildman–Crippen LogP) is 1.51. The van der Waals surface area contributed by atoms with Gasteiger partial charge in [-0.2, -0.15) is 0 Å². The maximum absolute atomic E-state index is 12.1. The lowest BCUT2D eigenvalue weighted by atomic mass is 9.97. The van der Waals surface area contributed by atoms with Gasteiger partial charge in [0.05, 0.1) is 5.92 Å². The van der Waals surface area contributed by atoms with Gasteiger partial charge in [-0.15, -0.1) is 0 Å². The van der Waals surface area contributed by atoms with E-state index in [1.54, 1.807) is 0 Å². The summed E-state index contributed by atoms with van der Waals surface area (Å²) in [5, 5.41) is 8.97. The molecular formula is C12H15ClN2O4S. The molecule has 20 heavy (non-hydrogen) atoms. The van der Waals surface area contributed by atoms with Crippen molar-refractivity contribution in [1.82, 2.24) is 9.71 Å². The number of aliphatic carboxylic acids is 1. The SMILES string of the molecule is O=C(O)C1CCCC1CNS(=O)(=O)c1cccnc1Cl. The van der Waals surface area contributed by atoms with Gasteiger partial charge >= 0.3 is 5.97 Å². The Morgan fingerprint density at radius 1 is 1.50 bits per heavy atom. The molecule has 0 aromatic carbocycles. The van der Waals surface area contributed by atoms with Crippen molar-refractivity contribution in [2.24, 2.45) is 11.8 Å². The number of carbonyl (C=O) groups is 1. The third-order valence-corrected chi connectivity index (χ3v) is 5.39. The standard InChI is InChI=1S/C12H15ClN2O4S/c13-11-10(5-2-6-14-11)20(18,19)15-7-8-3-1-4-9(8)12(16)17/h2,5-6,8-9,15H,1,3-4,7H2,(H,16,17). The summed E-state index contributed by atoms with van der Waals surface area (Å²) >= 11 is 5.76. The van der Waals surface area contributed by atoms with E-state index in [1.165, 1.54) is 18.3 Å². The van der Waals surface area contributed by atoms with Crippen molar-refractivity contribution >= 4 is 27.6 Å². The first-order valence-electron chi connectivity index (χ1n) is 6.25. The van der Waals surface area contributed by atoms with E-state index < -0.39 is 21.9 Å². The molecule has 8 heteroatoms. The van der Waals surface area contributed by atoms with E-state index in [4.69, 9.17) is 16.7 Å². The number of hydrogen-bond donors (Lipinski definition) is 2. The molecule has 110 valence electrons. The Morgan fingerprint density at radius 3 is 2.90 bits per heavy atom. The molecule has 1 aromatic rings. The number of aromatic nitrogens is 1. The first-order chi connectivity index (χ1) is 9.42. The Bertz CT molecular complexity index is 605. The molecule has 0 aliphatic heterocycles.